The van der Waals surface area contributed by atoms with Crippen LogP contribution < -0.4 is 0 Å². The van der Waals surface area contributed by atoms with Crippen LogP contribution in [0.2, 0.25) is 0 Å². The van der Waals surface area contributed by atoms with Gasteiger partial charge in [-0.3, -0.25) is 9.69 Å². The zero-order valence-corrected chi connectivity index (χ0v) is 20.8. The lowest BCUT2D eigenvalue weighted by Crippen LogP contribution is -2.44. The third kappa shape index (κ3) is 4.87. The SMILES string of the molecule is C[C@H]1CCCC[C@@H]1N1C(=O)/C(=C/c2ccc(-c3ccc(Br)cc3)o2)SC1=Nc1ccccc1. The molecule has 2 heterocycles. The monoisotopic (exact) mass is 520 g/mol. The maximum absolute atomic E-state index is 13.6. The average Bonchev–Trinajstić information content (AvgIpc) is 3.40. The van der Waals surface area contributed by atoms with Gasteiger partial charge < -0.3 is 4.42 Å². The normalized spacial score (nSPS) is 23.6. The fraction of sp³-hybridized carbons (Fsp3) is 0.259. The number of para-hydroxylation sites is 1. The molecule has 4 nitrogen and oxygen atoms in total. The molecule has 1 aliphatic carbocycles. The predicted molar refractivity (Wildman–Crippen MR) is 139 cm³/mol. The van der Waals surface area contributed by atoms with Gasteiger partial charge in [0.25, 0.3) is 5.91 Å². The summed E-state index contributed by atoms with van der Waals surface area (Å²) in [5, 5.41) is 0.760. The molecular weight excluding hydrogens is 496 g/mol. The Balaban J connectivity index is 1.47. The number of hydrogen-bond donors (Lipinski definition) is 0. The van der Waals surface area contributed by atoms with Gasteiger partial charge in [-0.25, -0.2) is 4.99 Å². The van der Waals surface area contributed by atoms with Crippen LogP contribution in [-0.4, -0.2) is 22.0 Å². The Bertz CT molecular complexity index is 1200. The second-order valence-corrected chi connectivity index (χ2v) is 10.5. The van der Waals surface area contributed by atoms with E-state index in [1.165, 1.54) is 18.2 Å². The molecule has 1 saturated heterocycles. The number of benzene rings is 2. The van der Waals surface area contributed by atoms with Crippen LogP contribution in [0.5, 0.6) is 0 Å². The van der Waals surface area contributed by atoms with Crippen LogP contribution >= 0.6 is 27.7 Å². The van der Waals surface area contributed by atoms with Gasteiger partial charge in [0, 0.05) is 22.2 Å². The molecule has 1 amide bonds. The van der Waals surface area contributed by atoms with E-state index in [9.17, 15) is 4.79 Å². The van der Waals surface area contributed by atoms with Gasteiger partial charge in [-0.05, 0) is 66.9 Å². The maximum atomic E-state index is 13.6. The molecule has 6 heteroatoms. The largest absolute Gasteiger partial charge is 0.457 e. The Morgan fingerprint density at radius 3 is 2.55 bits per heavy atom. The molecule has 2 atom stereocenters. The van der Waals surface area contributed by atoms with Gasteiger partial charge in [0.05, 0.1) is 10.6 Å². The highest BCUT2D eigenvalue weighted by Crippen LogP contribution is 2.40. The number of furan rings is 1. The van der Waals surface area contributed by atoms with Crippen molar-refractivity contribution in [1.82, 2.24) is 4.90 Å². The van der Waals surface area contributed by atoms with Crippen molar-refractivity contribution >= 4 is 50.5 Å². The van der Waals surface area contributed by atoms with E-state index in [0.717, 1.165) is 45.9 Å². The van der Waals surface area contributed by atoms with Crippen LogP contribution in [0.3, 0.4) is 0 Å². The topological polar surface area (TPSA) is 45.8 Å². The van der Waals surface area contributed by atoms with Gasteiger partial charge in [-0.2, -0.15) is 0 Å². The van der Waals surface area contributed by atoms with Crippen LogP contribution in [0.15, 0.2) is 85.5 Å². The highest BCUT2D eigenvalue weighted by Gasteiger charge is 2.41. The molecule has 1 saturated carbocycles. The minimum Gasteiger partial charge on any atom is -0.457 e. The first-order chi connectivity index (χ1) is 16.1. The number of rotatable bonds is 4. The van der Waals surface area contributed by atoms with Crippen LogP contribution in [0, 0.1) is 5.92 Å². The summed E-state index contributed by atoms with van der Waals surface area (Å²) in [5.41, 5.74) is 1.86. The highest BCUT2D eigenvalue weighted by atomic mass is 79.9. The Labute approximate surface area is 206 Å². The number of amidine groups is 1. The molecule has 2 aromatic carbocycles. The number of thioether (sulfide) groups is 1. The lowest BCUT2D eigenvalue weighted by Gasteiger charge is -2.35. The van der Waals surface area contributed by atoms with E-state index >= 15 is 0 Å². The van der Waals surface area contributed by atoms with Crippen molar-refractivity contribution in [3.63, 3.8) is 0 Å². The van der Waals surface area contributed by atoms with E-state index in [4.69, 9.17) is 9.41 Å². The number of carbonyl (C=O) groups is 1. The van der Waals surface area contributed by atoms with E-state index in [1.807, 2.05) is 77.7 Å². The molecule has 2 fully saturated rings. The second-order valence-electron chi connectivity index (χ2n) is 8.55. The molecule has 0 N–H and O–H groups in total. The molecule has 2 aliphatic rings. The van der Waals surface area contributed by atoms with E-state index in [-0.39, 0.29) is 11.9 Å². The Hall–Kier alpha value is -2.57. The Kier molecular flexibility index (Phi) is 6.56. The van der Waals surface area contributed by atoms with Crippen molar-refractivity contribution in [2.24, 2.45) is 10.9 Å². The van der Waals surface area contributed by atoms with Crippen LogP contribution in [0.1, 0.15) is 38.4 Å². The van der Waals surface area contributed by atoms with Gasteiger partial charge in [0.2, 0.25) is 0 Å². The zero-order valence-electron chi connectivity index (χ0n) is 18.4. The molecule has 0 unspecified atom stereocenters. The number of halogens is 1. The van der Waals surface area contributed by atoms with Gasteiger partial charge in [-0.15, -0.1) is 0 Å². The molecule has 0 radical (unpaired) electrons. The number of carbonyl (C=O) groups excluding carboxylic acids is 1. The molecule has 0 bridgehead atoms. The van der Waals surface area contributed by atoms with Gasteiger partial charge in [0.15, 0.2) is 5.17 Å². The molecule has 1 aliphatic heterocycles. The zero-order chi connectivity index (χ0) is 22.8. The lowest BCUT2D eigenvalue weighted by molar-refractivity contribution is -0.124. The van der Waals surface area contributed by atoms with Gasteiger partial charge in [-0.1, -0.05) is 66.0 Å². The summed E-state index contributed by atoms with van der Waals surface area (Å²) >= 11 is 4.90. The van der Waals surface area contributed by atoms with Crippen LogP contribution in [-0.2, 0) is 4.79 Å². The highest BCUT2D eigenvalue weighted by molar-refractivity contribution is 9.10. The van der Waals surface area contributed by atoms with Crippen molar-refractivity contribution < 1.29 is 9.21 Å². The first-order valence-corrected chi connectivity index (χ1v) is 12.9. The summed E-state index contributed by atoms with van der Waals surface area (Å²) in [6, 6.07) is 21.9. The molecule has 33 heavy (non-hydrogen) atoms. The first kappa shape index (κ1) is 22.2. The Morgan fingerprint density at radius 2 is 1.79 bits per heavy atom. The maximum Gasteiger partial charge on any atom is 0.267 e. The van der Waals surface area contributed by atoms with E-state index in [0.29, 0.717) is 16.6 Å². The second kappa shape index (κ2) is 9.74. The number of amides is 1. The fourth-order valence-electron chi connectivity index (χ4n) is 4.48. The molecule has 3 aromatic rings. The third-order valence-electron chi connectivity index (χ3n) is 6.24. The van der Waals surface area contributed by atoms with E-state index in [2.05, 4.69) is 22.9 Å². The fourth-order valence-corrected chi connectivity index (χ4v) is 5.77. The van der Waals surface area contributed by atoms with Gasteiger partial charge in [0.1, 0.15) is 11.5 Å². The summed E-state index contributed by atoms with van der Waals surface area (Å²) in [4.78, 5) is 21.0. The van der Waals surface area contributed by atoms with Crippen LogP contribution in [0.25, 0.3) is 17.4 Å². The number of hydrogen-bond acceptors (Lipinski definition) is 4. The van der Waals surface area contributed by atoms with Crippen molar-refractivity contribution in [2.45, 2.75) is 38.6 Å². The summed E-state index contributed by atoms with van der Waals surface area (Å²) in [6.45, 7) is 2.25. The van der Waals surface area contributed by atoms with Gasteiger partial charge >= 0.3 is 0 Å². The number of nitrogens with zero attached hydrogens (tertiary/aromatic N) is 2. The van der Waals surface area contributed by atoms with Crippen LogP contribution in [0.4, 0.5) is 5.69 Å². The minimum atomic E-state index is 0.0232. The first-order valence-electron chi connectivity index (χ1n) is 11.3. The summed E-state index contributed by atoms with van der Waals surface area (Å²) < 4.78 is 7.08. The van der Waals surface area contributed by atoms with E-state index in [1.54, 1.807) is 0 Å². The molecule has 168 valence electrons. The summed E-state index contributed by atoms with van der Waals surface area (Å²) in [6.07, 6.45) is 6.39. The predicted octanol–water partition coefficient (Wildman–Crippen LogP) is 7.89. The van der Waals surface area contributed by atoms with Crippen molar-refractivity contribution in [1.29, 1.82) is 0 Å². The summed E-state index contributed by atoms with van der Waals surface area (Å²) in [5.74, 6) is 1.92. The molecule has 0 spiro atoms. The Morgan fingerprint density at radius 1 is 1.03 bits per heavy atom. The van der Waals surface area contributed by atoms with Crippen molar-refractivity contribution in [3.8, 4) is 11.3 Å². The molecule has 5 rings (SSSR count). The smallest absolute Gasteiger partial charge is 0.267 e. The van der Waals surface area contributed by atoms with Crippen molar-refractivity contribution in [3.05, 3.63) is 81.9 Å². The molecule has 1 aromatic heterocycles. The lowest BCUT2D eigenvalue weighted by atomic mass is 9.85. The third-order valence-corrected chi connectivity index (χ3v) is 7.76. The van der Waals surface area contributed by atoms with Crippen molar-refractivity contribution in [2.75, 3.05) is 0 Å². The quantitative estimate of drug-likeness (QED) is 0.328. The summed E-state index contributed by atoms with van der Waals surface area (Å²) in [7, 11) is 0. The minimum absolute atomic E-state index is 0.0232. The number of aliphatic imine (C=N–C) groups is 1. The molecular formula is C27H25BrN2O2S. The van der Waals surface area contributed by atoms with E-state index < -0.39 is 0 Å². The average molecular weight is 521 g/mol. The standard InChI is InChI=1S/C27H25BrN2O2S/c1-18-7-5-6-10-23(18)30-26(31)25(33-27(30)29-21-8-3-2-4-9-21)17-22-15-16-24(32-22)19-11-13-20(28)14-12-19/h2-4,8-9,11-18,23H,5-7,10H2,1H3/b25-17-,29-27?/t18-,23-/m0/s1.